The molecule has 0 saturated heterocycles. The number of anilines is 1. The SMILES string of the molecule is Cc1ccc(N(CC(=O)N(Cc2ccc(Cl)cc2Cl)[C@H](Cc2ccccc2)C(=O)NC(C)C)S(=O)(=O)c2ccc(Cl)cc2)cc1. The van der Waals surface area contributed by atoms with Crippen molar-refractivity contribution >= 4 is 62.3 Å². The van der Waals surface area contributed by atoms with Crippen LogP contribution in [0.2, 0.25) is 15.1 Å². The molecule has 4 rings (SSSR count). The summed E-state index contributed by atoms with van der Waals surface area (Å²) in [5.74, 6) is -0.978. The summed E-state index contributed by atoms with van der Waals surface area (Å²) in [5.41, 5.74) is 2.58. The van der Waals surface area contributed by atoms with Crippen LogP contribution in [0, 0.1) is 6.92 Å². The number of rotatable bonds is 12. The number of amides is 2. The number of carbonyl (C=O) groups is 2. The van der Waals surface area contributed by atoms with E-state index < -0.39 is 28.5 Å². The Bertz CT molecular complexity index is 1730. The summed E-state index contributed by atoms with van der Waals surface area (Å²) in [7, 11) is -4.24. The van der Waals surface area contributed by atoms with Crippen molar-refractivity contribution in [3.63, 3.8) is 0 Å². The van der Waals surface area contributed by atoms with Gasteiger partial charge in [-0.1, -0.05) is 88.9 Å². The fourth-order valence-corrected chi connectivity index (χ4v) is 6.75. The fourth-order valence-electron chi connectivity index (χ4n) is 4.74. The van der Waals surface area contributed by atoms with Gasteiger partial charge in [-0.05, 0) is 80.4 Å². The summed E-state index contributed by atoms with van der Waals surface area (Å²) in [6, 6.07) is 25.6. The summed E-state index contributed by atoms with van der Waals surface area (Å²) in [4.78, 5) is 29.6. The third kappa shape index (κ3) is 9.01. The van der Waals surface area contributed by atoms with Crippen molar-refractivity contribution in [2.75, 3.05) is 10.8 Å². The molecule has 0 radical (unpaired) electrons. The van der Waals surface area contributed by atoms with Gasteiger partial charge in [-0.3, -0.25) is 13.9 Å². The summed E-state index contributed by atoms with van der Waals surface area (Å²) in [5, 5.41) is 4.03. The monoisotopic (exact) mass is 685 g/mol. The molecule has 0 aliphatic heterocycles. The molecule has 4 aromatic rings. The van der Waals surface area contributed by atoms with Crippen LogP contribution < -0.4 is 9.62 Å². The Morgan fingerprint density at radius 1 is 0.822 bits per heavy atom. The van der Waals surface area contributed by atoms with Crippen LogP contribution in [0.1, 0.15) is 30.5 Å². The van der Waals surface area contributed by atoms with Gasteiger partial charge in [-0.25, -0.2) is 8.42 Å². The van der Waals surface area contributed by atoms with Crippen LogP contribution in [-0.4, -0.2) is 43.8 Å². The molecule has 1 atom stereocenters. The van der Waals surface area contributed by atoms with E-state index in [9.17, 15) is 18.0 Å². The molecule has 0 bridgehead atoms. The fraction of sp³-hybridized carbons (Fsp3) is 0.235. The number of aryl methyl sites for hydroxylation is 1. The average Bonchev–Trinajstić information content (AvgIpc) is 2.99. The third-order valence-electron chi connectivity index (χ3n) is 7.06. The van der Waals surface area contributed by atoms with E-state index in [0.717, 1.165) is 15.4 Å². The van der Waals surface area contributed by atoms with Crippen molar-refractivity contribution in [3.8, 4) is 0 Å². The average molecular weight is 687 g/mol. The summed E-state index contributed by atoms with van der Waals surface area (Å²) in [6.07, 6.45) is 0.185. The molecule has 45 heavy (non-hydrogen) atoms. The van der Waals surface area contributed by atoms with E-state index in [1.165, 1.54) is 29.2 Å². The van der Waals surface area contributed by atoms with E-state index in [1.54, 1.807) is 42.5 Å². The van der Waals surface area contributed by atoms with Crippen LogP contribution >= 0.6 is 34.8 Å². The molecule has 236 valence electrons. The van der Waals surface area contributed by atoms with E-state index in [4.69, 9.17) is 34.8 Å². The molecule has 0 spiro atoms. The Kier molecular flexibility index (Phi) is 11.6. The molecule has 0 aliphatic carbocycles. The number of nitrogens with one attached hydrogen (secondary N) is 1. The molecule has 1 N–H and O–H groups in total. The Morgan fingerprint density at radius 3 is 2.04 bits per heavy atom. The highest BCUT2D eigenvalue weighted by molar-refractivity contribution is 7.92. The van der Waals surface area contributed by atoms with Crippen LogP contribution in [0.5, 0.6) is 0 Å². The Morgan fingerprint density at radius 2 is 1.44 bits per heavy atom. The lowest BCUT2D eigenvalue weighted by Crippen LogP contribution is -2.54. The number of benzene rings is 4. The normalized spacial score (nSPS) is 12.1. The summed E-state index contributed by atoms with van der Waals surface area (Å²) in [6.45, 7) is 4.89. The molecule has 11 heteroatoms. The minimum atomic E-state index is -4.24. The highest BCUT2D eigenvalue weighted by atomic mass is 35.5. The molecule has 0 aromatic heterocycles. The highest BCUT2D eigenvalue weighted by Crippen LogP contribution is 2.28. The summed E-state index contributed by atoms with van der Waals surface area (Å²) < 4.78 is 29.2. The molecule has 0 unspecified atom stereocenters. The van der Waals surface area contributed by atoms with Crippen molar-refractivity contribution < 1.29 is 18.0 Å². The second kappa shape index (κ2) is 15.1. The van der Waals surface area contributed by atoms with Crippen molar-refractivity contribution in [2.45, 2.75) is 50.7 Å². The number of carbonyl (C=O) groups excluding carboxylic acids is 2. The van der Waals surface area contributed by atoms with Crippen molar-refractivity contribution in [1.82, 2.24) is 10.2 Å². The largest absolute Gasteiger partial charge is 0.352 e. The maximum absolute atomic E-state index is 14.5. The molecule has 7 nitrogen and oxygen atoms in total. The Hall–Kier alpha value is -3.56. The lowest BCUT2D eigenvalue weighted by atomic mass is 10.0. The maximum Gasteiger partial charge on any atom is 0.264 e. The molecule has 2 amide bonds. The molecule has 0 aliphatic rings. The van der Waals surface area contributed by atoms with Gasteiger partial charge in [0.1, 0.15) is 12.6 Å². The lowest BCUT2D eigenvalue weighted by molar-refractivity contribution is -0.140. The molecule has 4 aromatic carbocycles. The van der Waals surface area contributed by atoms with Crippen LogP contribution in [0.15, 0.2) is 102 Å². The predicted octanol–water partition coefficient (Wildman–Crippen LogP) is 7.32. The van der Waals surface area contributed by atoms with E-state index in [1.807, 2.05) is 51.1 Å². The van der Waals surface area contributed by atoms with E-state index >= 15 is 0 Å². The minimum Gasteiger partial charge on any atom is -0.352 e. The molecule has 0 saturated carbocycles. The van der Waals surface area contributed by atoms with Crippen LogP contribution in [0.4, 0.5) is 5.69 Å². The quantitative estimate of drug-likeness (QED) is 0.169. The van der Waals surface area contributed by atoms with Crippen LogP contribution in [0.25, 0.3) is 0 Å². The Balaban J connectivity index is 1.82. The van der Waals surface area contributed by atoms with Gasteiger partial charge in [0.2, 0.25) is 11.8 Å². The van der Waals surface area contributed by atoms with Gasteiger partial charge in [0.05, 0.1) is 10.6 Å². The molecular formula is C34H34Cl3N3O4S. The molecule has 0 fully saturated rings. The minimum absolute atomic E-state index is 0.0362. The zero-order valence-corrected chi connectivity index (χ0v) is 28.2. The third-order valence-corrected chi connectivity index (χ3v) is 9.69. The first-order chi connectivity index (χ1) is 21.3. The maximum atomic E-state index is 14.5. The first-order valence-electron chi connectivity index (χ1n) is 14.3. The first-order valence-corrected chi connectivity index (χ1v) is 16.8. The topological polar surface area (TPSA) is 86.8 Å². The zero-order chi connectivity index (χ0) is 32.7. The number of halogens is 3. The van der Waals surface area contributed by atoms with Gasteiger partial charge >= 0.3 is 0 Å². The van der Waals surface area contributed by atoms with Crippen molar-refractivity contribution in [1.29, 1.82) is 0 Å². The van der Waals surface area contributed by atoms with Crippen LogP contribution in [-0.2, 0) is 32.6 Å². The van der Waals surface area contributed by atoms with Gasteiger partial charge in [0.15, 0.2) is 0 Å². The number of sulfonamides is 1. The smallest absolute Gasteiger partial charge is 0.264 e. The second-order valence-corrected chi connectivity index (χ2v) is 14.1. The molecule has 0 heterocycles. The van der Waals surface area contributed by atoms with Gasteiger partial charge in [-0.15, -0.1) is 0 Å². The zero-order valence-electron chi connectivity index (χ0n) is 25.1. The van der Waals surface area contributed by atoms with Crippen molar-refractivity contribution in [2.24, 2.45) is 0 Å². The Labute approximate surface area is 279 Å². The van der Waals surface area contributed by atoms with E-state index in [0.29, 0.717) is 26.3 Å². The first kappa shape index (κ1) is 34.3. The molecular weight excluding hydrogens is 653 g/mol. The number of hydrogen-bond acceptors (Lipinski definition) is 4. The summed E-state index contributed by atoms with van der Waals surface area (Å²) >= 11 is 18.7. The van der Waals surface area contributed by atoms with E-state index in [-0.39, 0.29) is 29.8 Å². The van der Waals surface area contributed by atoms with Crippen molar-refractivity contribution in [3.05, 3.63) is 129 Å². The van der Waals surface area contributed by atoms with E-state index in [2.05, 4.69) is 5.32 Å². The number of nitrogens with zero attached hydrogens (tertiary/aromatic N) is 2. The lowest BCUT2D eigenvalue weighted by Gasteiger charge is -2.34. The van der Waals surface area contributed by atoms with Gasteiger partial charge in [0, 0.05) is 34.1 Å². The highest BCUT2D eigenvalue weighted by Gasteiger charge is 2.35. The van der Waals surface area contributed by atoms with Gasteiger partial charge in [-0.2, -0.15) is 0 Å². The van der Waals surface area contributed by atoms with Gasteiger partial charge in [0.25, 0.3) is 10.0 Å². The predicted molar refractivity (Wildman–Crippen MR) is 181 cm³/mol. The number of hydrogen-bond donors (Lipinski definition) is 1. The van der Waals surface area contributed by atoms with Gasteiger partial charge < -0.3 is 10.2 Å². The van der Waals surface area contributed by atoms with Crippen LogP contribution in [0.3, 0.4) is 0 Å². The second-order valence-electron chi connectivity index (χ2n) is 10.9. The standard InChI is InChI=1S/C34H34Cl3N3O4S/c1-23(2)38-34(42)32(19-25-7-5-4-6-8-25)39(21-26-11-12-28(36)20-31(26)37)33(41)22-40(29-15-9-24(3)10-16-29)45(43,44)30-17-13-27(35)14-18-30/h4-18,20,23,32H,19,21-22H2,1-3H3,(H,38,42)/t32-/m1/s1.